The van der Waals surface area contributed by atoms with E-state index in [0.29, 0.717) is 0 Å². The van der Waals surface area contributed by atoms with Crippen molar-refractivity contribution in [2.75, 3.05) is 13.2 Å². The molecule has 8 atom stereocenters. The van der Waals surface area contributed by atoms with Crippen LogP contribution in [0, 0.1) is 0 Å². The molecule has 0 bridgehead atoms. The van der Waals surface area contributed by atoms with Gasteiger partial charge in [0.1, 0.15) is 48.8 Å². The molecule has 0 rings (SSSR count). The molecule has 0 aliphatic heterocycles. The number of aliphatic hydroxyl groups excluding tert-OH is 10. The first kappa shape index (κ1) is 25.2. The zero-order chi connectivity index (χ0) is 19.4. The molecule has 0 saturated carbocycles. The van der Waals surface area contributed by atoms with E-state index in [1.54, 1.807) is 0 Å². The number of aldehydes is 2. The van der Waals surface area contributed by atoms with Gasteiger partial charge in [-0.2, -0.15) is 0 Å². The van der Waals surface area contributed by atoms with E-state index in [4.69, 9.17) is 51.1 Å². The van der Waals surface area contributed by atoms with Gasteiger partial charge in [-0.05, 0) is 0 Å². The first-order chi connectivity index (χ1) is 11.1. The topological polar surface area (TPSA) is 236 Å². The molecule has 0 aromatic rings. The number of hydrogen-bond donors (Lipinski definition) is 10. The summed E-state index contributed by atoms with van der Waals surface area (Å²) in [5, 5.41) is 87.1. The fourth-order valence-corrected chi connectivity index (χ4v) is 1.24. The smallest absolute Gasteiger partial charge is 0.151 e. The van der Waals surface area contributed by atoms with Crippen LogP contribution in [0.2, 0.25) is 0 Å². The van der Waals surface area contributed by atoms with Gasteiger partial charge in [-0.3, -0.25) is 0 Å². The van der Waals surface area contributed by atoms with Crippen molar-refractivity contribution in [2.45, 2.75) is 48.8 Å². The number of hydrogen-bond acceptors (Lipinski definition) is 12. The van der Waals surface area contributed by atoms with E-state index in [0.717, 1.165) is 0 Å². The molecule has 0 unspecified atom stereocenters. The standard InChI is InChI=1S/2C6H12O6/c2*7-1-3(9)5(11)6(12)4(10)2-8/h2*1,3-6,8-12H,2H2/t3-,4+,5+,6-;3-,4-,5+,6+/m01/s1. The first-order valence-corrected chi connectivity index (χ1v) is 6.65. The third-order valence-electron chi connectivity index (χ3n) is 2.84. The molecule has 0 saturated heterocycles. The minimum absolute atomic E-state index is 0.0258. The van der Waals surface area contributed by atoms with Crippen LogP contribution in [0.15, 0.2) is 0 Å². The Bertz CT molecular complexity index is 308. The third kappa shape index (κ3) is 8.70. The van der Waals surface area contributed by atoms with Gasteiger partial charge in [0.25, 0.3) is 0 Å². The molecule has 0 spiro atoms. The summed E-state index contributed by atoms with van der Waals surface area (Å²) in [6.07, 6.45) is -13.7. The zero-order valence-electron chi connectivity index (χ0n) is 12.5. The van der Waals surface area contributed by atoms with Crippen LogP contribution in [0.5, 0.6) is 0 Å². The van der Waals surface area contributed by atoms with Crippen LogP contribution in [0.3, 0.4) is 0 Å². The lowest BCUT2D eigenvalue weighted by Gasteiger charge is -2.22. The van der Waals surface area contributed by atoms with Crippen molar-refractivity contribution in [2.24, 2.45) is 0 Å². The lowest BCUT2D eigenvalue weighted by Crippen LogP contribution is -2.46. The van der Waals surface area contributed by atoms with Gasteiger partial charge in [-0.15, -0.1) is 0 Å². The summed E-state index contributed by atoms with van der Waals surface area (Å²) in [6.45, 7) is -1.52. The molecular formula is C12H24O12. The fraction of sp³-hybridized carbons (Fsp3) is 0.833. The second-order valence-corrected chi connectivity index (χ2v) is 4.72. The summed E-state index contributed by atoms with van der Waals surface area (Å²) in [4.78, 5) is 19.8. The summed E-state index contributed by atoms with van der Waals surface area (Å²) in [6, 6.07) is 0. The summed E-state index contributed by atoms with van der Waals surface area (Å²) >= 11 is 0. The van der Waals surface area contributed by atoms with Crippen molar-refractivity contribution in [3.05, 3.63) is 0 Å². The van der Waals surface area contributed by atoms with E-state index >= 15 is 0 Å². The Kier molecular flexibility index (Phi) is 13.9. The normalized spacial score (nSPS) is 21.1. The molecule has 0 aromatic carbocycles. The number of carbonyl (C=O) groups excluding carboxylic acids is 2. The molecule has 0 aromatic heterocycles. The van der Waals surface area contributed by atoms with E-state index in [9.17, 15) is 9.59 Å². The maximum atomic E-state index is 9.90. The maximum Gasteiger partial charge on any atom is 0.151 e. The monoisotopic (exact) mass is 360 g/mol. The average molecular weight is 360 g/mol. The molecule has 0 heterocycles. The van der Waals surface area contributed by atoms with E-state index in [1.807, 2.05) is 0 Å². The minimum Gasteiger partial charge on any atom is -0.394 e. The Morgan fingerprint density at radius 2 is 0.792 bits per heavy atom. The first-order valence-electron chi connectivity index (χ1n) is 6.65. The van der Waals surface area contributed by atoms with Gasteiger partial charge in [0, 0.05) is 0 Å². The predicted molar refractivity (Wildman–Crippen MR) is 74.4 cm³/mol. The Balaban J connectivity index is 0. The van der Waals surface area contributed by atoms with Crippen molar-refractivity contribution in [1.82, 2.24) is 0 Å². The number of rotatable bonds is 10. The van der Waals surface area contributed by atoms with Crippen molar-refractivity contribution in [3.8, 4) is 0 Å². The van der Waals surface area contributed by atoms with E-state index in [1.165, 1.54) is 0 Å². The Hall–Kier alpha value is -1.06. The highest BCUT2D eigenvalue weighted by Crippen LogP contribution is 2.03. The highest BCUT2D eigenvalue weighted by Gasteiger charge is 2.30. The van der Waals surface area contributed by atoms with Crippen LogP contribution in [-0.2, 0) is 9.59 Å². The van der Waals surface area contributed by atoms with Crippen LogP contribution in [0.25, 0.3) is 0 Å². The van der Waals surface area contributed by atoms with Crippen molar-refractivity contribution in [1.29, 1.82) is 0 Å². The summed E-state index contributed by atoms with van der Waals surface area (Å²) in [5.74, 6) is 0. The van der Waals surface area contributed by atoms with E-state index in [2.05, 4.69) is 0 Å². The van der Waals surface area contributed by atoms with Crippen LogP contribution in [0.1, 0.15) is 0 Å². The Morgan fingerprint density at radius 1 is 0.542 bits per heavy atom. The molecule has 10 N–H and O–H groups in total. The summed E-state index contributed by atoms with van der Waals surface area (Å²) in [5.41, 5.74) is 0. The molecule has 0 amide bonds. The maximum absolute atomic E-state index is 9.90. The lowest BCUT2D eigenvalue weighted by molar-refractivity contribution is -0.136. The van der Waals surface area contributed by atoms with Gasteiger partial charge in [-0.25, -0.2) is 0 Å². The van der Waals surface area contributed by atoms with Crippen LogP contribution in [0.4, 0.5) is 0 Å². The lowest BCUT2D eigenvalue weighted by atomic mass is 10.0. The Labute approximate surface area is 136 Å². The molecule has 12 nitrogen and oxygen atoms in total. The largest absolute Gasteiger partial charge is 0.394 e. The van der Waals surface area contributed by atoms with Crippen LogP contribution >= 0.6 is 0 Å². The fourth-order valence-electron chi connectivity index (χ4n) is 1.24. The van der Waals surface area contributed by atoms with Gasteiger partial charge in [0.2, 0.25) is 0 Å². The SMILES string of the molecule is O=C[C@@H](O)[C@H](O)[C@@H](O)[C@H](O)CO.O=C[C@H](O)[C@@H](O)[C@@H](O)[C@H](O)CO. The quantitative estimate of drug-likeness (QED) is 0.164. The number of aliphatic hydroxyl groups is 10. The van der Waals surface area contributed by atoms with Crippen molar-refractivity contribution < 1.29 is 60.7 Å². The average Bonchev–Trinajstić information content (AvgIpc) is 2.62. The number of carbonyl (C=O) groups is 2. The van der Waals surface area contributed by atoms with Gasteiger partial charge >= 0.3 is 0 Å². The molecule has 144 valence electrons. The minimum atomic E-state index is -1.79. The molecular weight excluding hydrogens is 336 g/mol. The van der Waals surface area contributed by atoms with Gasteiger partial charge in [0.15, 0.2) is 12.6 Å². The van der Waals surface area contributed by atoms with Crippen LogP contribution < -0.4 is 0 Å². The summed E-state index contributed by atoms with van der Waals surface area (Å²) < 4.78 is 0. The van der Waals surface area contributed by atoms with Crippen molar-refractivity contribution >= 4 is 12.6 Å². The van der Waals surface area contributed by atoms with Gasteiger partial charge < -0.3 is 60.7 Å². The second-order valence-electron chi connectivity index (χ2n) is 4.72. The Morgan fingerprint density at radius 3 is 0.958 bits per heavy atom. The van der Waals surface area contributed by atoms with E-state index < -0.39 is 62.0 Å². The molecule has 0 radical (unpaired) electrons. The van der Waals surface area contributed by atoms with Gasteiger partial charge in [0.05, 0.1) is 13.2 Å². The second kappa shape index (κ2) is 13.3. The molecule has 12 heteroatoms. The van der Waals surface area contributed by atoms with Crippen molar-refractivity contribution in [3.63, 3.8) is 0 Å². The molecule has 24 heavy (non-hydrogen) atoms. The zero-order valence-corrected chi connectivity index (χ0v) is 12.5. The predicted octanol–water partition coefficient (Wildman–Crippen LogP) is -6.76. The van der Waals surface area contributed by atoms with Gasteiger partial charge in [-0.1, -0.05) is 0 Å². The highest BCUT2D eigenvalue weighted by molar-refractivity contribution is 5.57. The molecule has 0 aliphatic rings. The molecule has 0 aliphatic carbocycles. The highest BCUT2D eigenvalue weighted by atomic mass is 16.4. The summed E-state index contributed by atoms with van der Waals surface area (Å²) in [7, 11) is 0. The van der Waals surface area contributed by atoms with Crippen LogP contribution in [-0.4, -0.2) is 126 Å². The molecule has 0 fully saturated rings. The third-order valence-corrected chi connectivity index (χ3v) is 2.84. The van der Waals surface area contributed by atoms with E-state index in [-0.39, 0.29) is 12.6 Å².